The molecular formula is C18H16F3N5O3. The second-order valence-corrected chi connectivity index (χ2v) is 6.77. The fourth-order valence-electron chi connectivity index (χ4n) is 3.36. The number of hydrogen-bond acceptors (Lipinski definition) is 5. The summed E-state index contributed by atoms with van der Waals surface area (Å²) in [4.78, 5) is 29.6. The first-order valence-electron chi connectivity index (χ1n) is 8.84. The second-order valence-electron chi connectivity index (χ2n) is 6.77. The summed E-state index contributed by atoms with van der Waals surface area (Å²) in [6, 6.07) is 5.06. The number of nitrogens with two attached hydrogens (primary N) is 1. The summed E-state index contributed by atoms with van der Waals surface area (Å²) in [7, 11) is 0. The number of primary amides is 1. The van der Waals surface area contributed by atoms with Crippen LogP contribution >= 0.6 is 0 Å². The summed E-state index contributed by atoms with van der Waals surface area (Å²) in [6.45, 7) is 0.551. The Bertz CT molecular complexity index is 1070. The number of halogens is 3. The molecule has 0 aromatic carbocycles. The molecule has 8 nitrogen and oxygen atoms in total. The number of hydrogen-bond donors (Lipinski definition) is 1. The summed E-state index contributed by atoms with van der Waals surface area (Å²) in [5.74, 6) is -1.09. The highest BCUT2D eigenvalue weighted by atomic mass is 19.4. The van der Waals surface area contributed by atoms with E-state index in [-0.39, 0.29) is 41.8 Å². The van der Waals surface area contributed by atoms with E-state index in [0.29, 0.717) is 17.4 Å². The molecule has 0 spiro atoms. The molecule has 4 rings (SSSR count). The molecule has 0 unspecified atom stereocenters. The fourth-order valence-corrected chi connectivity index (χ4v) is 3.36. The Balaban J connectivity index is 1.70. The topological polar surface area (TPSA) is 107 Å². The third-order valence-corrected chi connectivity index (χ3v) is 4.89. The number of carbonyl (C=O) groups is 2. The predicted octanol–water partition coefficient (Wildman–Crippen LogP) is 2.35. The highest BCUT2D eigenvalue weighted by Crippen LogP contribution is 2.32. The molecule has 1 saturated heterocycles. The van der Waals surface area contributed by atoms with Crippen LogP contribution in [-0.2, 0) is 11.0 Å². The first kappa shape index (κ1) is 19.0. The van der Waals surface area contributed by atoms with Crippen LogP contribution in [0.5, 0.6) is 0 Å². The Morgan fingerprint density at radius 3 is 2.52 bits per heavy atom. The van der Waals surface area contributed by atoms with Crippen molar-refractivity contribution >= 4 is 17.5 Å². The number of rotatable bonds is 3. The van der Waals surface area contributed by atoms with Crippen molar-refractivity contribution in [3.8, 4) is 11.5 Å². The van der Waals surface area contributed by atoms with Crippen molar-refractivity contribution in [1.82, 2.24) is 19.5 Å². The Hall–Kier alpha value is -3.37. The van der Waals surface area contributed by atoms with Crippen molar-refractivity contribution in [1.29, 1.82) is 0 Å². The fraction of sp³-hybridized carbons (Fsp3) is 0.333. The molecule has 1 aliphatic rings. The molecule has 11 heteroatoms. The number of carbonyl (C=O) groups excluding carboxylic acids is 2. The molecule has 2 amide bonds. The summed E-state index contributed by atoms with van der Waals surface area (Å²) in [6.07, 6.45) is -2.57. The number of amides is 2. The van der Waals surface area contributed by atoms with Crippen LogP contribution in [0.2, 0.25) is 0 Å². The van der Waals surface area contributed by atoms with E-state index in [9.17, 15) is 22.8 Å². The molecule has 1 aliphatic heterocycles. The zero-order valence-corrected chi connectivity index (χ0v) is 15.0. The van der Waals surface area contributed by atoms with E-state index in [0.717, 1.165) is 6.07 Å². The van der Waals surface area contributed by atoms with E-state index >= 15 is 0 Å². The van der Waals surface area contributed by atoms with Gasteiger partial charge in [0.2, 0.25) is 5.91 Å². The Morgan fingerprint density at radius 2 is 1.93 bits per heavy atom. The average molecular weight is 407 g/mol. The van der Waals surface area contributed by atoms with Crippen molar-refractivity contribution in [2.24, 2.45) is 11.7 Å². The first-order chi connectivity index (χ1) is 13.7. The van der Waals surface area contributed by atoms with E-state index in [1.54, 1.807) is 0 Å². The van der Waals surface area contributed by atoms with Gasteiger partial charge in [0.05, 0.1) is 6.26 Å². The lowest BCUT2D eigenvalue weighted by Crippen LogP contribution is -2.41. The molecule has 3 aromatic rings. The van der Waals surface area contributed by atoms with Crippen LogP contribution < -0.4 is 5.73 Å². The molecule has 1 fully saturated rings. The maximum absolute atomic E-state index is 13.6. The van der Waals surface area contributed by atoms with E-state index in [2.05, 4.69) is 10.1 Å². The minimum Gasteiger partial charge on any atom is -0.463 e. The van der Waals surface area contributed by atoms with Gasteiger partial charge >= 0.3 is 6.18 Å². The third kappa shape index (κ3) is 3.55. The largest absolute Gasteiger partial charge is 0.463 e. The maximum atomic E-state index is 13.6. The van der Waals surface area contributed by atoms with E-state index < -0.39 is 23.7 Å². The Labute approximate surface area is 162 Å². The van der Waals surface area contributed by atoms with Crippen molar-refractivity contribution in [2.45, 2.75) is 19.0 Å². The van der Waals surface area contributed by atoms with Crippen LogP contribution in [0.3, 0.4) is 0 Å². The molecule has 152 valence electrons. The zero-order valence-electron chi connectivity index (χ0n) is 15.0. The van der Waals surface area contributed by atoms with Crippen LogP contribution in [0.25, 0.3) is 17.1 Å². The van der Waals surface area contributed by atoms with Crippen molar-refractivity contribution in [3.05, 3.63) is 41.9 Å². The Kier molecular flexibility index (Phi) is 4.52. The average Bonchev–Trinajstić information content (AvgIpc) is 3.35. The standard InChI is InChI=1S/C18H16F3N5O3/c19-18(20,21)14-8-11(13-2-1-7-29-13)23-15-9-12(24-26(14)15)17(28)25-5-3-10(4-6-25)16(22)27/h1-2,7-10H,3-6H2,(H2,22,27). The van der Waals surface area contributed by atoms with Gasteiger partial charge in [0.1, 0.15) is 5.69 Å². The molecule has 0 radical (unpaired) electrons. The van der Waals surface area contributed by atoms with Gasteiger partial charge in [0.25, 0.3) is 5.91 Å². The summed E-state index contributed by atoms with van der Waals surface area (Å²) < 4.78 is 46.4. The zero-order chi connectivity index (χ0) is 20.8. The van der Waals surface area contributed by atoms with Gasteiger partial charge in [0, 0.05) is 25.1 Å². The molecule has 0 saturated carbocycles. The highest BCUT2D eigenvalue weighted by Gasteiger charge is 2.36. The molecule has 0 aliphatic carbocycles. The lowest BCUT2D eigenvalue weighted by Gasteiger charge is -2.29. The summed E-state index contributed by atoms with van der Waals surface area (Å²) in [5.41, 5.74) is 3.92. The van der Waals surface area contributed by atoms with Crippen molar-refractivity contribution in [2.75, 3.05) is 13.1 Å². The number of piperidine rings is 1. The van der Waals surface area contributed by atoms with Crippen LogP contribution in [0.1, 0.15) is 29.0 Å². The quantitative estimate of drug-likeness (QED) is 0.717. The molecular weight excluding hydrogens is 391 g/mol. The number of fused-ring (bicyclic) bond motifs is 1. The Morgan fingerprint density at radius 1 is 1.21 bits per heavy atom. The van der Waals surface area contributed by atoms with Crippen LogP contribution in [-0.4, -0.2) is 44.4 Å². The third-order valence-electron chi connectivity index (χ3n) is 4.89. The highest BCUT2D eigenvalue weighted by molar-refractivity contribution is 5.93. The van der Waals surface area contributed by atoms with Gasteiger partial charge in [-0.25, -0.2) is 9.50 Å². The number of nitrogens with zero attached hydrogens (tertiary/aromatic N) is 4. The minimum absolute atomic E-state index is 0.0176. The van der Waals surface area contributed by atoms with Crippen LogP contribution in [0, 0.1) is 5.92 Å². The van der Waals surface area contributed by atoms with Crippen molar-refractivity contribution < 1.29 is 27.2 Å². The summed E-state index contributed by atoms with van der Waals surface area (Å²) >= 11 is 0. The van der Waals surface area contributed by atoms with Gasteiger partial charge in [-0.3, -0.25) is 9.59 Å². The molecule has 2 N–H and O–H groups in total. The molecule has 4 heterocycles. The van der Waals surface area contributed by atoms with Gasteiger partial charge in [0.15, 0.2) is 22.8 Å². The first-order valence-corrected chi connectivity index (χ1v) is 8.84. The van der Waals surface area contributed by atoms with Crippen molar-refractivity contribution in [3.63, 3.8) is 0 Å². The SMILES string of the molecule is NC(=O)C1CCN(C(=O)c2cc3nc(-c4ccco4)cc(C(F)(F)F)n3n2)CC1. The smallest absolute Gasteiger partial charge is 0.433 e. The van der Waals surface area contributed by atoms with Gasteiger partial charge < -0.3 is 15.1 Å². The monoisotopic (exact) mass is 407 g/mol. The maximum Gasteiger partial charge on any atom is 0.433 e. The summed E-state index contributed by atoms with van der Waals surface area (Å²) in [5, 5.41) is 3.85. The molecule has 0 bridgehead atoms. The van der Waals surface area contributed by atoms with Gasteiger partial charge in [-0.2, -0.15) is 18.3 Å². The van der Waals surface area contributed by atoms with Crippen LogP contribution in [0.15, 0.2) is 34.9 Å². The van der Waals surface area contributed by atoms with E-state index in [4.69, 9.17) is 10.2 Å². The molecule has 29 heavy (non-hydrogen) atoms. The number of aromatic nitrogens is 3. The number of likely N-dealkylation sites (tertiary alicyclic amines) is 1. The number of furan rings is 1. The minimum atomic E-state index is -4.71. The lowest BCUT2D eigenvalue weighted by molar-refractivity contribution is -0.142. The second kappa shape index (κ2) is 6.90. The van der Waals surface area contributed by atoms with Gasteiger partial charge in [-0.1, -0.05) is 0 Å². The van der Waals surface area contributed by atoms with Crippen LogP contribution in [0.4, 0.5) is 13.2 Å². The lowest BCUT2D eigenvalue weighted by atomic mass is 9.96. The number of alkyl halides is 3. The predicted molar refractivity (Wildman–Crippen MR) is 93.5 cm³/mol. The molecule has 0 atom stereocenters. The van der Waals surface area contributed by atoms with Gasteiger partial charge in [-0.05, 0) is 31.0 Å². The van der Waals surface area contributed by atoms with E-state index in [1.165, 1.54) is 29.4 Å². The molecule has 3 aromatic heterocycles. The van der Waals surface area contributed by atoms with Gasteiger partial charge in [-0.15, -0.1) is 0 Å². The van der Waals surface area contributed by atoms with E-state index in [1.807, 2.05) is 0 Å². The normalized spacial score (nSPS) is 15.8.